The van der Waals surface area contributed by atoms with Crippen molar-refractivity contribution >= 4 is 46.6 Å². The van der Waals surface area contributed by atoms with Crippen LogP contribution in [0, 0.1) is 6.92 Å². The second-order valence-corrected chi connectivity index (χ2v) is 7.95. The third-order valence-corrected chi connectivity index (χ3v) is 5.37. The molecule has 0 atom stereocenters. The smallest absolute Gasteiger partial charge is 0.278 e. The second-order valence-electron chi connectivity index (χ2n) is 6.55. The molecule has 0 fully saturated rings. The number of benzene rings is 2. The van der Waals surface area contributed by atoms with Gasteiger partial charge in [-0.25, -0.2) is 0 Å². The van der Waals surface area contributed by atoms with Gasteiger partial charge in [0.2, 0.25) is 11.8 Å². The predicted octanol–water partition coefficient (Wildman–Crippen LogP) is 3.87. The van der Waals surface area contributed by atoms with Crippen molar-refractivity contribution in [2.24, 2.45) is 0 Å². The van der Waals surface area contributed by atoms with Gasteiger partial charge in [0.05, 0.1) is 11.4 Å². The zero-order valence-corrected chi connectivity index (χ0v) is 18.4. The molecule has 3 aromatic rings. The van der Waals surface area contributed by atoms with Gasteiger partial charge in [0.15, 0.2) is 10.9 Å². The van der Waals surface area contributed by atoms with Crippen molar-refractivity contribution in [3.05, 3.63) is 63.4 Å². The van der Waals surface area contributed by atoms with E-state index in [1.807, 2.05) is 13.0 Å². The van der Waals surface area contributed by atoms with Gasteiger partial charge in [0.1, 0.15) is 0 Å². The number of para-hydroxylation sites is 1. The Balaban J connectivity index is 1.70. The number of nitrogens with zero attached hydrogens (tertiary/aromatic N) is 2. The summed E-state index contributed by atoms with van der Waals surface area (Å²) in [6.45, 7) is 3.60. The van der Waals surface area contributed by atoms with Gasteiger partial charge in [-0.2, -0.15) is 0 Å². The van der Waals surface area contributed by atoms with Crippen molar-refractivity contribution in [2.75, 3.05) is 16.4 Å². The van der Waals surface area contributed by atoms with Crippen LogP contribution in [0.25, 0.3) is 11.3 Å². The molecular weight excluding hydrogens is 438 g/mol. The molecule has 0 aliphatic carbocycles. The van der Waals surface area contributed by atoms with Crippen molar-refractivity contribution < 1.29 is 9.59 Å². The van der Waals surface area contributed by atoms with E-state index in [4.69, 9.17) is 11.6 Å². The van der Waals surface area contributed by atoms with E-state index < -0.39 is 5.56 Å². The minimum Gasteiger partial charge on any atom is -0.325 e. The van der Waals surface area contributed by atoms with E-state index in [2.05, 4.69) is 25.8 Å². The number of halogens is 1. The molecule has 31 heavy (non-hydrogen) atoms. The number of aromatic nitrogens is 3. The summed E-state index contributed by atoms with van der Waals surface area (Å²) in [5.41, 5.74) is 2.06. The quantitative estimate of drug-likeness (QED) is 0.463. The Bertz CT molecular complexity index is 1180. The lowest BCUT2D eigenvalue weighted by Gasteiger charge is -2.10. The Morgan fingerprint density at radius 2 is 1.81 bits per heavy atom. The summed E-state index contributed by atoms with van der Waals surface area (Å²) in [4.78, 5) is 39.2. The Morgan fingerprint density at radius 1 is 1.06 bits per heavy atom. The van der Waals surface area contributed by atoms with Gasteiger partial charge in [-0.1, -0.05) is 54.6 Å². The lowest BCUT2D eigenvalue weighted by Crippen LogP contribution is -2.18. The van der Waals surface area contributed by atoms with Crippen molar-refractivity contribution in [3.8, 4) is 11.3 Å². The highest BCUT2D eigenvalue weighted by Gasteiger charge is 2.14. The van der Waals surface area contributed by atoms with Gasteiger partial charge in [0, 0.05) is 22.7 Å². The lowest BCUT2D eigenvalue weighted by molar-refractivity contribution is -0.116. The van der Waals surface area contributed by atoms with E-state index in [1.165, 1.54) is 0 Å². The number of hydrogen-bond acceptors (Lipinski definition) is 6. The van der Waals surface area contributed by atoms with Gasteiger partial charge in [-0.3, -0.25) is 19.4 Å². The third-order valence-electron chi connectivity index (χ3n) is 4.27. The highest BCUT2D eigenvalue weighted by atomic mass is 35.5. The Morgan fingerprint density at radius 3 is 2.55 bits per heavy atom. The first-order valence-corrected chi connectivity index (χ1v) is 10.8. The number of aryl methyl sites for hydroxylation is 1. The molecule has 2 amide bonds. The molecule has 0 radical (unpaired) electrons. The molecule has 0 bridgehead atoms. The van der Waals surface area contributed by atoms with E-state index in [0.29, 0.717) is 28.4 Å². The van der Waals surface area contributed by atoms with E-state index in [0.717, 1.165) is 17.3 Å². The number of hydrogen-bond donors (Lipinski definition) is 3. The number of thioether (sulfide) groups is 1. The summed E-state index contributed by atoms with van der Waals surface area (Å²) in [5.74, 6) is -0.418. The van der Waals surface area contributed by atoms with Gasteiger partial charge in [0.25, 0.3) is 5.56 Å². The fourth-order valence-electron chi connectivity index (χ4n) is 2.65. The van der Waals surface area contributed by atoms with Crippen LogP contribution in [0.4, 0.5) is 11.4 Å². The first kappa shape index (κ1) is 22.5. The normalized spacial score (nSPS) is 10.5. The SMILES string of the molecule is CCC(=O)Nc1ccccc1-c1nnc(SCC(=O)Nc2cc(Cl)ccc2C)[nH]c1=O. The maximum absolute atomic E-state index is 12.6. The summed E-state index contributed by atoms with van der Waals surface area (Å²) < 4.78 is 0. The number of nitrogens with one attached hydrogen (secondary N) is 3. The zero-order valence-electron chi connectivity index (χ0n) is 16.9. The minimum absolute atomic E-state index is 0.0268. The third kappa shape index (κ3) is 5.93. The Labute approximate surface area is 187 Å². The van der Waals surface area contributed by atoms with E-state index >= 15 is 0 Å². The second kappa shape index (κ2) is 10.2. The van der Waals surface area contributed by atoms with Gasteiger partial charge in [-0.05, 0) is 30.7 Å². The maximum Gasteiger partial charge on any atom is 0.278 e. The van der Waals surface area contributed by atoms with E-state index in [1.54, 1.807) is 43.3 Å². The summed E-state index contributed by atoms with van der Waals surface area (Å²) in [6, 6.07) is 12.1. The summed E-state index contributed by atoms with van der Waals surface area (Å²) >= 11 is 7.02. The maximum atomic E-state index is 12.6. The van der Waals surface area contributed by atoms with Crippen LogP contribution in [0.5, 0.6) is 0 Å². The first-order chi connectivity index (χ1) is 14.9. The topological polar surface area (TPSA) is 117 Å². The molecule has 1 aromatic heterocycles. The average Bonchev–Trinajstić information content (AvgIpc) is 2.75. The number of carbonyl (C=O) groups excluding carboxylic acids is 2. The van der Waals surface area contributed by atoms with Crippen molar-refractivity contribution in [1.29, 1.82) is 0 Å². The number of H-pyrrole nitrogens is 1. The van der Waals surface area contributed by atoms with E-state index in [9.17, 15) is 14.4 Å². The predicted molar refractivity (Wildman–Crippen MR) is 123 cm³/mol. The molecule has 0 aliphatic rings. The largest absolute Gasteiger partial charge is 0.325 e. The molecule has 0 saturated heterocycles. The highest BCUT2D eigenvalue weighted by molar-refractivity contribution is 7.99. The monoisotopic (exact) mass is 457 g/mol. The van der Waals surface area contributed by atoms with Crippen LogP contribution in [0.1, 0.15) is 18.9 Å². The Hall–Kier alpha value is -3.17. The molecular formula is C21H20ClN5O3S. The molecule has 8 nitrogen and oxygen atoms in total. The molecule has 3 N–H and O–H groups in total. The molecule has 0 spiro atoms. The molecule has 160 valence electrons. The summed E-state index contributed by atoms with van der Waals surface area (Å²) in [7, 11) is 0. The molecule has 10 heteroatoms. The fourth-order valence-corrected chi connectivity index (χ4v) is 3.43. The van der Waals surface area contributed by atoms with Crippen LogP contribution in [-0.2, 0) is 9.59 Å². The number of anilines is 2. The van der Waals surface area contributed by atoms with Crippen LogP contribution in [0.2, 0.25) is 5.02 Å². The molecule has 3 rings (SSSR count). The first-order valence-electron chi connectivity index (χ1n) is 9.42. The number of rotatable bonds is 7. The van der Waals surface area contributed by atoms with Crippen molar-refractivity contribution in [3.63, 3.8) is 0 Å². The van der Waals surface area contributed by atoms with Gasteiger partial charge in [-0.15, -0.1) is 10.2 Å². The number of carbonyl (C=O) groups is 2. The van der Waals surface area contributed by atoms with Gasteiger partial charge >= 0.3 is 0 Å². The van der Waals surface area contributed by atoms with Crippen LogP contribution in [0.3, 0.4) is 0 Å². The molecule has 2 aromatic carbocycles. The molecule has 0 saturated carbocycles. The zero-order chi connectivity index (χ0) is 22.4. The van der Waals surface area contributed by atoms with Crippen LogP contribution < -0.4 is 16.2 Å². The van der Waals surface area contributed by atoms with E-state index in [-0.39, 0.29) is 28.4 Å². The Kier molecular flexibility index (Phi) is 7.43. The number of aromatic amines is 1. The number of amides is 2. The molecule has 0 aliphatic heterocycles. The van der Waals surface area contributed by atoms with Crippen molar-refractivity contribution in [2.45, 2.75) is 25.4 Å². The standard InChI is InChI=1S/C21H20ClN5O3S/c1-3-17(28)23-15-7-5-4-6-14(15)19-20(30)25-21(27-26-19)31-11-18(29)24-16-10-13(22)9-8-12(16)2/h4-10H,3,11H2,1-2H3,(H,23,28)(H,24,29)(H,25,27,30). The highest BCUT2D eigenvalue weighted by Crippen LogP contribution is 2.24. The average molecular weight is 458 g/mol. The summed E-state index contributed by atoms with van der Waals surface area (Å²) in [6.07, 6.45) is 0.308. The molecule has 0 unspecified atom stereocenters. The van der Waals surface area contributed by atoms with Crippen molar-refractivity contribution in [1.82, 2.24) is 15.2 Å². The van der Waals surface area contributed by atoms with Crippen LogP contribution >= 0.6 is 23.4 Å². The van der Waals surface area contributed by atoms with Crippen LogP contribution in [-0.4, -0.2) is 32.7 Å². The minimum atomic E-state index is -0.471. The van der Waals surface area contributed by atoms with Gasteiger partial charge < -0.3 is 10.6 Å². The molecule has 1 heterocycles. The fraction of sp³-hybridized carbons (Fsp3) is 0.190. The lowest BCUT2D eigenvalue weighted by atomic mass is 10.1. The van der Waals surface area contributed by atoms with Crippen LogP contribution in [0.15, 0.2) is 52.4 Å². The summed E-state index contributed by atoms with van der Waals surface area (Å²) in [5, 5.41) is 14.3.